The highest BCUT2D eigenvalue weighted by molar-refractivity contribution is 9.10. The van der Waals surface area contributed by atoms with Gasteiger partial charge in [-0.25, -0.2) is 9.18 Å². The average molecular weight is 345 g/mol. The highest BCUT2D eigenvalue weighted by Crippen LogP contribution is 2.32. The molecular weight excluding hydrogens is 327 g/mol. The van der Waals surface area contributed by atoms with E-state index in [0.717, 1.165) is 19.4 Å². The Balaban J connectivity index is 2.11. The van der Waals surface area contributed by atoms with Crippen LogP contribution in [0.3, 0.4) is 0 Å². The summed E-state index contributed by atoms with van der Waals surface area (Å²) in [6.45, 7) is 1.10. The number of rotatable bonds is 4. The predicted molar refractivity (Wildman–Crippen MR) is 78.3 cm³/mol. The summed E-state index contributed by atoms with van der Waals surface area (Å²) in [5, 5.41) is 0. The largest absolute Gasteiger partial charge is 0.410 e. The minimum absolute atomic E-state index is 0.258. The van der Waals surface area contributed by atoms with Gasteiger partial charge in [-0.2, -0.15) is 0 Å². The number of carbonyl (C=O) groups is 1. The van der Waals surface area contributed by atoms with E-state index in [2.05, 4.69) is 27.9 Å². The zero-order chi connectivity index (χ0) is 14.7. The van der Waals surface area contributed by atoms with Crippen LogP contribution in [0.1, 0.15) is 24.8 Å². The molecule has 0 saturated carbocycles. The van der Waals surface area contributed by atoms with E-state index in [-0.39, 0.29) is 11.6 Å². The van der Waals surface area contributed by atoms with Gasteiger partial charge in [-0.15, -0.1) is 0 Å². The number of nitrogens with zero attached hydrogens (tertiary/aromatic N) is 1. The van der Waals surface area contributed by atoms with Gasteiger partial charge in [0, 0.05) is 11.6 Å². The maximum Gasteiger partial charge on any atom is 0.410 e. The van der Waals surface area contributed by atoms with E-state index in [1.54, 1.807) is 0 Å². The van der Waals surface area contributed by atoms with Gasteiger partial charge in [0.1, 0.15) is 11.6 Å². The Bertz CT molecular complexity index is 510. The van der Waals surface area contributed by atoms with Crippen LogP contribution in [0.25, 0.3) is 0 Å². The van der Waals surface area contributed by atoms with Crippen molar-refractivity contribution >= 4 is 22.0 Å². The predicted octanol–water partition coefficient (Wildman–Crippen LogP) is 3.07. The molecule has 1 aromatic carbocycles. The highest BCUT2D eigenvalue weighted by Gasteiger charge is 2.22. The fraction of sp³-hybridized carbons (Fsp3) is 0.500. The summed E-state index contributed by atoms with van der Waals surface area (Å²) in [4.78, 5) is 13.1. The van der Waals surface area contributed by atoms with Crippen LogP contribution in [0, 0.1) is 5.82 Å². The lowest BCUT2D eigenvalue weighted by Gasteiger charge is -2.20. The van der Waals surface area contributed by atoms with Crippen molar-refractivity contribution in [3.63, 3.8) is 0 Å². The third-order valence-corrected chi connectivity index (χ3v) is 4.63. The van der Waals surface area contributed by atoms with Crippen LogP contribution in [0.5, 0.6) is 5.75 Å². The van der Waals surface area contributed by atoms with E-state index in [4.69, 9.17) is 10.5 Å². The summed E-state index contributed by atoms with van der Waals surface area (Å²) in [6, 6.07) is 3.19. The van der Waals surface area contributed by atoms with Gasteiger partial charge in [0.25, 0.3) is 0 Å². The van der Waals surface area contributed by atoms with E-state index in [1.807, 2.05) is 0 Å². The molecule has 1 unspecified atom stereocenters. The maximum atomic E-state index is 13.9. The Morgan fingerprint density at radius 1 is 1.60 bits per heavy atom. The molecule has 1 saturated heterocycles. The minimum Gasteiger partial charge on any atom is -0.409 e. The number of hydrogen-bond donors (Lipinski definition) is 1. The number of primary amides is 1. The molecule has 2 N–H and O–H groups in total. The minimum atomic E-state index is -0.904. The summed E-state index contributed by atoms with van der Waals surface area (Å²) < 4.78 is 19.2. The van der Waals surface area contributed by atoms with Crippen LogP contribution in [0.2, 0.25) is 0 Å². The van der Waals surface area contributed by atoms with Crippen molar-refractivity contribution in [1.29, 1.82) is 0 Å². The number of halogens is 2. The van der Waals surface area contributed by atoms with Crippen molar-refractivity contribution in [2.45, 2.75) is 31.7 Å². The van der Waals surface area contributed by atoms with Crippen molar-refractivity contribution in [2.75, 3.05) is 13.6 Å². The Kier molecular flexibility index (Phi) is 4.99. The second-order valence-electron chi connectivity index (χ2n) is 5.07. The SMILES string of the molecule is CN1CCCC1CCc1c(F)ccc(OC(N)=O)c1Br. The standard InChI is InChI=1S/C14H18BrFN2O2/c1-18-8-2-3-9(18)4-5-10-11(16)6-7-12(13(10)15)20-14(17)19/h6-7,9H,2-5,8H2,1H3,(H2,17,19). The Labute approximate surface area is 126 Å². The summed E-state index contributed by atoms with van der Waals surface area (Å²) in [5.41, 5.74) is 5.52. The Morgan fingerprint density at radius 3 is 2.95 bits per heavy atom. The van der Waals surface area contributed by atoms with Crippen molar-refractivity contribution in [1.82, 2.24) is 4.90 Å². The molecule has 0 bridgehead atoms. The monoisotopic (exact) mass is 344 g/mol. The smallest absolute Gasteiger partial charge is 0.409 e. The lowest BCUT2D eigenvalue weighted by Crippen LogP contribution is -2.25. The van der Waals surface area contributed by atoms with Crippen molar-refractivity contribution < 1.29 is 13.9 Å². The van der Waals surface area contributed by atoms with Crippen molar-refractivity contribution in [3.8, 4) is 5.75 Å². The number of hydrogen-bond acceptors (Lipinski definition) is 3. The first-order valence-electron chi connectivity index (χ1n) is 6.63. The first-order valence-corrected chi connectivity index (χ1v) is 7.42. The molecule has 1 heterocycles. The first kappa shape index (κ1) is 15.3. The summed E-state index contributed by atoms with van der Waals surface area (Å²) in [5.74, 6) is -0.0389. The van der Waals surface area contributed by atoms with Crippen molar-refractivity contribution in [3.05, 3.63) is 28.0 Å². The van der Waals surface area contributed by atoms with Gasteiger partial charge < -0.3 is 15.4 Å². The fourth-order valence-electron chi connectivity index (χ4n) is 2.65. The molecule has 1 aromatic rings. The summed E-state index contributed by atoms with van der Waals surface area (Å²) >= 11 is 3.30. The van der Waals surface area contributed by atoms with E-state index in [9.17, 15) is 9.18 Å². The molecule has 1 aliphatic rings. The molecule has 1 fully saturated rings. The van der Waals surface area contributed by atoms with Crippen LogP contribution >= 0.6 is 15.9 Å². The van der Waals surface area contributed by atoms with Crippen molar-refractivity contribution in [2.24, 2.45) is 5.73 Å². The molecule has 1 atom stereocenters. The molecule has 1 aliphatic heterocycles. The third-order valence-electron chi connectivity index (χ3n) is 3.76. The molecule has 2 rings (SSSR count). The maximum absolute atomic E-state index is 13.9. The Hall–Kier alpha value is -1.14. The lowest BCUT2D eigenvalue weighted by atomic mass is 10.0. The molecule has 0 aromatic heterocycles. The zero-order valence-electron chi connectivity index (χ0n) is 11.4. The second-order valence-corrected chi connectivity index (χ2v) is 5.87. The van der Waals surface area contributed by atoms with E-state index < -0.39 is 6.09 Å². The van der Waals surface area contributed by atoms with E-state index in [1.165, 1.54) is 18.6 Å². The van der Waals surface area contributed by atoms with E-state index in [0.29, 0.717) is 22.5 Å². The zero-order valence-corrected chi connectivity index (χ0v) is 13.0. The molecule has 1 amide bonds. The van der Waals surface area contributed by atoms with Gasteiger partial charge in [-0.1, -0.05) is 0 Å². The van der Waals surface area contributed by atoms with Gasteiger partial charge in [0.15, 0.2) is 0 Å². The second kappa shape index (κ2) is 6.54. The third kappa shape index (κ3) is 3.49. The van der Waals surface area contributed by atoms with E-state index >= 15 is 0 Å². The van der Waals surface area contributed by atoms with Gasteiger partial charge in [0.2, 0.25) is 0 Å². The molecular formula is C14H18BrFN2O2. The molecule has 4 nitrogen and oxygen atoms in total. The first-order chi connectivity index (χ1) is 9.49. The summed E-state index contributed by atoms with van der Waals surface area (Å²) in [6.07, 6.45) is 2.91. The van der Waals surface area contributed by atoms with Crippen LogP contribution in [-0.4, -0.2) is 30.6 Å². The van der Waals surface area contributed by atoms with Gasteiger partial charge in [-0.3, -0.25) is 0 Å². The molecule has 110 valence electrons. The number of benzene rings is 1. The molecule has 0 spiro atoms. The quantitative estimate of drug-likeness (QED) is 0.913. The number of amides is 1. The fourth-order valence-corrected chi connectivity index (χ4v) is 3.25. The van der Waals surface area contributed by atoms with Gasteiger partial charge in [-0.05, 0) is 67.3 Å². The van der Waals surface area contributed by atoms with Crippen LogP contribution in [0.15, 0.2) is 16.6 Å². The summed E-state index contributed by atoms with van der Waals surface area (Å²) in [7, 11) is 2.09. The lowest BCUT2D eigenvalue weighted by molar-refractivity contribution is 0.210. The van der Waals surface area contributed by atoms with Crippen LogP contribution in [0.4, 0.5) is 9.18 Å². The topological polar surface area (TPSA) is 55.6 Å². The molecule has 0 aliphatic carbocycles. The molecule has 6 heteroatoms. The highest BCUT2D eigenvalue weighted by atomic mass is 79.9. The number of ether oxygens (including phenoxy) is 1. The number of likely N-dealkylation sites (tertiary alicyclic amines) is 1. The van der Waals surface area contributed by atoms with Gasteiger partial charge >= 0.3 is 6.09 Å². The van der Waals surface area contributed by atoms with Crippen LogP contribution < -0.4 is 10.5 Å². The van der Waals surface area contributed by atoms with Crippen LogP contribution in [-0.2, 0) is 6.42 Å². The number of nitrogens with two attached hydrogens (primary N) is 1. The number of carbonyl (C=O) groups excluding carboxylic acids is 1. The average Bonchev–Trinajstić information content (AvgIpc) is 2.78. The normalized spacial score (nSPS) is 19.2. The van der Waals surface area contributed by atoms with Gasteiger partial charge in [0.05, 0.1) is 4.47 Å². The molecule has 0 radical (unpaired) electrons. The molecule has 20 heavy (non-hydrogen) atoms. The Morgan fingerprint density at radius 2 is 2.35 bits per heavy atom.